The van der Waals surface area contributed by atoms with E-state index in [1.165, 1.54) is 44.9 Å². The monoisotopic (exact) mass is 806 g/mol. The second-order valence-corrected chi connectivity index (χ2v) is 15.7. The molecule has 4 atom stereocenters. The summed E-state index contributed by atoms with van der Waals surface area (Å²) in [5.74, 6) is -0.955. The number of allylic oxidation sites excluding steroid dienone is 11. The molecule has 56 heavy (non-hydrogen) atoms. The van der Waals surface area contributed by atoms with Gasteiger partial charge in [0.2, 0.25) is 0 Å². The van der Waals surface area contributed by atoms with E-state index >= 15 is 0 Å². The number of nitrogens with two attached hydrogens (primary N) is 1. The summed E-state index contributed by atoms with van der Waals surface area (Å²) < 4.78 is 38.5. The van der Waals surface area contributed by atoms with Gasteiger partial charge in [-0.3, -0.25) is 18.6 Å². The van der Waals surface area contributed by atoms with Crippen molar-refractivity contribution in [2.45, 2.75) is 173 Å². The molecule has 10 nitrogen and oxygen atoms in total. The molecule has 0 aromatic heterocycles. The first-order valence-corrected chi connectivity index (χ1v) is 23.0. The van der Waals surface area contributed by atoms with Gasteiger partial charge in [-0.2, -0.15) is 0 Å². The lowest BCUT2D eigenvalue weighted by Gasteiger charge is -2.19. The van der Waals surface area contributed by atoms with Crippen LogP contribution in [0.4, 0.5) is 0 Å². The van der Waals surface area contributed by atoms with Crippen LogP contribution < -0.4 is 5.73 Å². The molecule has 320 valence electrons. The number of phosphoric acid groups is 1. The second kappa shape index (κ2) is 36.7. The van der Waals surface area contributed by atoms with Gasteiger partial charge in [0.15, 0.2) is 6.10 Å². The van der Waals surface area contributed by atoms with Gasteiger partial charge in [0.25, 0.3) is 0 Å². The number of unbranched alkanes of at least 4 members (excludes halogenated alkanes) is 10. The number of phosphoric ester groups is 1. The normalized spacial score (nSPS) is 17.6. The molecule has 1 heterocycles. The highest BCUT2D eigenvalue weighted by atomic mass is 31.2. The van der Waals surface area contributed by atoms with Crippen molar-refractivity contribution in [3.8, 4) is 0 Å². The molecule has 11 heteroatoms. The first-order chi connectivity index (χ1) is 27.3. The summed E-state index contributed by atoms with van der Waals surface area (Å²) in [7, 11) is -4.41. The minimum atomic E-state index is -4.41. The molecule has 3 N–H and O–H groups in total. The first kappa shape index (κ1) is 51.4. The van der Waals surface area contributed by atoms with Gasteiger partial charge in [-0.05, 0) is 77.0 Å². The Balaban J connectivity index is 2.26. The molecule has 0 aromatic carbocycles. The molecule has 0 aliphatic carbocycles. The molecular weight excluding hydrogens is 729 g/mol. The number of epoxide rings is 1. The third-order valence-corrected chi connectivity index (χ3v) is 9.99. The molecule has 1 fully saturated rings. The maximum absolute atomic E-state index is 12.6. The van der Waals surface area contributed by atoms with Crippen LogP contribution in [0.15, 0.2) is 72.9 Å². The van der Waals surface area contributed by atoms with Crippen LogP contribution in [0.2, 0.25) is 0 Å². The zero-order valence-corrected chi connectivity index (χ0v) is 35.7. The summed E-state index contributed by atoms with van der Waals surface area (Å²) in [6, 6.07) is 0. The number of esters is 2. The maximum atomic E-state index is 12.6. The molecule has 0 radical (unpaired) electrons. The highest BCUT2D eigenvalue weighted by Crippen LogP contribution is 2.43. The molecule has 0 amide bonds. The second-order valence-electron chi connectivity index (χ2n) is 14.2. The average molecular weight is 806 g/mol. The molecule has 0 saturated carbocycles. The van der Waals surface area contributed by atoms with Crippen molar-refractivity contribution >= 4 is 19.8 Å². The Morgan fingerprint density at radius 2 is 1.20 bits per heavy atom. The predicted octanol–water partition coefficient (Wildman–Crippen LogP) is 11.3. The van der Waals surface area contributed by atoms with Gasteiger partial charge in [-0.1, -0.05) is 138 Å². The fraction of sp³-hybridized carbons (Fsp3) is 0.689. The van der Waals surface area contributed by atoms with Crippen molar-refractivity contribution in [1.29, 1.82) is 0 Å². The molecule has 1 rings (SSSR count). The number of carbonyl (C=O) groups is 2. The summed E-state index contributed by atoms with van der Waals surface area (Å²) in [4.78, 5) is 34.9. The van der Waals surface area contributed by atoms with Gasteiger partial charge in [0.05, 0.1) is 25.4 Å². The number of rotatable bonds is 38. The highest BCUT2D eigenvalue weighted by Gasteiger charge is 2.36. The number of ether oxygens (including phenoxy) is 3. The van der Waals surface area contributed by atoms with E-state index in [1.54, 1.807) is 0 Å². The Morgan fingerprint density at radius 1 is 0.643 bits per heavy atom. The van der Waals surface area contributed by atoms with Crippen LogP contribution in [0, 0.1) is 0 Å². The topological polar surface area (TPSA) is 147 Å². The van der Waals surface area contributed by atoms with Crippen LogP contribution in [0.1, 0.15) is 155 Å². The first-order valence-electron chi connectivity index (χ1n) is 21.5. The number of carbonyl (C=O) groups excluding carboxylic acids is 2. The van der Waals surface area contributed by atoms with Gasteiger partial charge < -0.3 is 24.8 Å². The zero-order valence-electron chi connectivity index (χ0n) is 34.8. The van der Waals surface area contributed by atoms with Crippen molar-refractivity contribution in [3.63, 3.8) is 0 Å². The molecule has 3 unspecified atom stereocenters. The SMILES string of the molecule is CCCCC/C=C\C/C=C\C/C=C\C/C=C\C/C=C\CCC(=O)OC[C@H](COP(=O)(O)OCCN)OC(=O)CCCCCCCC1OC1C/C=C\CCCCC. The largest absolute Gasteiger partial charge is 0.472 e. The molecule has 1 aliphatic rings. The Labute approximate surface area is 339 Å². The Hall–Kier alpha value is -2.59. The van der Waals surface area contributed by atoms with E-state index in [4.69, 9.17) is 29.0 Å². The van der Waals surface area contributed by atoms with Gasteiger partial charge in [-0.25, -0.2) is 4.57 Å². The fourth-order valence-electron chi connectivity index (χ4n) is 5.68. The van der Waals surface area contributed by atoms with E-state index in [-0.39, 0.29) is 32.6 Å². The predicted molar refractivity (Wildman–Crippen MR) is 228 cm³/mol. The summed E-state index contributed by atoms with van der Waals surface area (Å²) in [5, 5.41) is 0. The summed E-state index contributed by atoms with van der Waals surface area (Å²) in [6.45, 7) is 3.54. The van der Waals surface area contributed by atoms with E-state index in [0.29, 0.717) is 25.0 Å². The fourth-order valence-corrected chi connectivity index (χ4v) is 6.45. The van der Waals surface area contributed by atoms with Crippen molar-refractivity contribution in [2.24, 2.45) is 5.73 Å². The third kappa shape index (κ3) is 33.5. The summed E-state index contributed by atoms with van der Waals surface area (Å²) >= 11 is 0. The third-order valence-electron chi connectivity index (χ3n) is 9.00. The molecule has 0 aromatic rings. The highest BCUT2D eigenvalue weighted by molar-refractivity contribution is 7.47. The lowest BCUT2D eigenvalue weighted by molar-refractivity contribution is -0.161. The minimum Gasteiger partial charge on any atom is -0.462 e. The summed E-state index contributed by atoms with van der Waals surface area (Å²) in [6.07, 6.45) is 46.8. The van der Waals surface area contributed by atoms with Crippen LogP contribution in [0.5, 0.6) is 0 Å². The number of hydrogen-bond donors (Lipinski definition) is 2. The lowest BCUT2D eigenvalue weighted by atomic mass is 10.1. The van der Waals surface area contributed by atoms with Crippen LogP contribution in [0.25, 0.3) is 0 Å². The Bertz CT molecular complexity index is 1210. The van der Waals surface area contributed by atoms with E-state index in [1.807, 2.05) is 12.2 Å². The van der Waals surface area contributed by atoms with E-state index in [9.17, 15) is 19.0 Å². The van der Waals surface area contributed by atoms with Crippen molar-refractivity contribution in [3.05, 3.63) is 72.9 Å². The summed E-state index contributed by atoms with van der Waals surface area (Å²) in [5.41, 5.74) is 5.34. The molecule has 1 saturated heterocycles. The number of hydrogen-bond acceptors (Lipinski definition) is 9. The van der Waals surface area contributed by atoms with Gasteiger partial charge in [-0.15, -0.1) is 0 Å². The minimum absolute atomic E-state index is 0.0354. The van der Waals surface area contributed by atoms with Crippen molar-refractivity contribution in [1.82, 2.24) is 0 Å². The van der Waals surface area contributed by atoms with Crippen molar-refractivity contribution < 1.29 is 42.3 Å². The van der Waals surface area contributed by atoms with Crippen LogP contribution >= 0.6 is 7.82 Å². The quantitative estimate of drug-likeness (QED) is 0.0203. The zero-order chi connectivity index (χ0) is 40.8. The Morgan fingerprint density at radius 3 is 1.80 bits per heavy atom. The van der Waals surface area contributed by atoms with E-state index in [2.05, 4.69) is 74.6 Å². The maximum Gasteiger partial charge on any atom is 0.472 e. The van der Waals surface area contributed by atoms with E-state index in [0.717, 1.165) is 70.6 Å². The van der Waals surface area contributed by atoms with Crippen LogP contribution in [-0.4, -0.2) is 61.5 Å². The molecule has 1 aliphatic heterocycles. The molecule has 0 bridgehead atoms. The van der Waals surface area contributed by atoms with Gasteiger partial charge in [0.1, 0.15) is 6.61 Å². The van der Waals surface area contributed by atoms with E-state index < -0.39 is 32.5 Å². The lowest BCUT2D eigenvalue weighted by Crippen LogP contribution is -2.29. The standard InChI is InChI=1S/C45H76NO9P/c1-3-5-7-9-11-12-13-14-15-16-17-18-19-20-21-22-23-27-31-35-44(47)51-39-41(40-53-56(49,50)52-38-37-46)54-45(48)36-32-28-24-26-30-34-43-42(55-43)33-29-25-10-8-6-4-2/h11-12,14-15,17-18,20-21,23,25,27,29,41-43H,3-10,13,16,19,22,24,26,28,30-40,46H2,1-2H3,(H,49,50)/b12-11-,15-14-,18-17-,21-20-,27-23-,29-25-/t41-,42?,43?/m1/s1. The van der Waals surface area contributed by atoms with Crippen LogP contribution in [0.3, 0.4) is 0 Å². The smallest absolute Gasteiger partial charge is 0.462 e. The Kier molecular flexibility index (Phi) is 33.7. The van der Waals surface area contributed by atoms with Gasteiger partial charge >= 0.3 is 19.8 Å². The average Bonchev–Trinajstić information content (AvgIpc) is 3.94. The van der Waals surface area contributed by atoms with Crippen molar-refractivity contribution in [2.75, 3.05) is 26.4 Å². The molecule has 0 spiro atoms. The van der Waals surface area contributed by atoms with Crippen LogP contribution in [-0.2, 0) is 37.4 Å². The van der Waals surface area contributed by atoms with Gasteiger partial charge in [0, 0.05) is 19.4 Å². The molecular formula is C45H76NO9P.